The minimum atomic E-state index is -0.512. The molecular formula is C25H25N3O8S. The zero-order chi connectivity index (χ0) is 26.4. The van der Waals surface area contributed by atoms with Crippen LogP contribution in [0.4, 0.5) is 10.5 Å². The van der Waals surface area contributed by atoms with Gasteiger partial charge in [-0.3, -0.25) is 29.4 Å². The third kappa shape index (κ3) is 6.46. The maximum atomic E-state index is 12.9. The van der Waals surface area contributed by atoms with Gasteiger partial charge in [-0.05, 0) is 48.0 Å². The number of imide groups is 1. The van der Waals surface area contributed by atoms with E-state index in [1.807, 2.05) is 6.92 Å². The van der Waals surface area contributed by atoms with E-state index < -0.39 is 16.1 Å². The van der Waals surface area contributed by atoms with Crippen LogP contribution in [0.1, 0.15) is 18.1 Å². The summed E-state index contributed by atoms with van der Waals surface area (Å²) in [7, 11) is 0. The molecule has 2 aliphatic heterocycles. The van der Waals surface area contributed by atoms with E-state index in [0.29, 0.717) is 55.5 Å². The Morgan fingerprint density at radius 3 is 2.51 bits per heavy atom. The smallest absolute Gasteiger partial charge is 0.293 e. The molecule has 3 amide bonds. The van der Waals surface area contributed by atoms with Crippen molar-refractivity contribution in [2.45, 2.75) is 13.5 Å². The lowest BCUT2D eigenvalue weighted by Gasteiger charge is -2.26. The zero-order valence-electron chi connectivity index (χ0n) is 20.1. The molecule has 0 aromatic heterocycles. The number of morpholine rings is 1. The second kappa shape index (κ2) is 11.9. The monoisotopic (exact) mass is 527 g/mol. The summed E-state index contributed by atoms with van der Waals surface area (Å²) in [5, 5.41) is 10.4. The Kier molecular flexibility index (Phi) is 8.41. The minimum Gasteiger partial charge on any atom is -0.490 e. The van der Waals surface area contributed by atoms with E-state index in [9.17, 15) is 24.5 Å². The molecule has 37 heavy (non-hydrogen) atoms. The quantitative estimate of drug-likeness (QED) is 0.273. The number of nitro groups is 1. The zero-order valence-corrected chi connectivity index (χ0v) is 20.9. The number of hydrogen-bond acceptors (Lipinski definition) is 9. The first kappa shape index (κ1) is 26.2. The summed E-state index contributed by atoms with van der Waals surface area (Å²) in [6, 6.07) is 10.7. The molecule has 2 aromatic rings. The van der Waals surface area contributed by atoms with Crippen molar-refractivity contribution >= 4 is 40.6 Å². The molecule has 2 fully saturated rings. The van der Waals surface area contributed by atoms with Crippen molar-refractivity contribution < 1.29 is 33.5 Å². The second-order valence-corrected chi connectivity index (χ2v) is 9.11. The Hall–Kier alpha value is -3.90. The molecule has 0 N–H and O–H groups in total. The van der Waals surface area contributed by atoms with E-state index in [2.05, 4.69) is 0 Å². The van der Waals surface area contributed by atoms with Crippen LogP contribution in [0, 0.1) is 10.1 Å². The molecular weight excluding hydrogens is 502 g/mol. The highest BCUT2D eigenvalue weighted by Gasteiger charge is 2.35. The third-order valence-electron chi connectivity index (χ3n) is 5.64. The molecule has 2 aromatic carbocycles. The molecule has 0 saturated carbocycles. The standard InChI is InChI=1S/C25H25N3O8S/c1-2-35-21-13-18(5-8-20(21)36-16-23(29)26-9-11-34-12-10-26)14-22-24(30)27(25(31)37-22)15-17-3-6-19(7-4-17)28(32)33/h3-8,13-14H,2,9-12,15-16H2,1H3/b22-14-. The molecule has 0 spiro atoms. The van der Waals surface area contributed by atoms with Gasteiger partial charge in [0.25, 0.3) is 22.7 Å². The van der Waals surface area contributed by atoms with Crippen LogP contribution in [0.5, 0.6) is 11.5 Å². The average molecular weight is 528 g/mol. The maximum absolute atomic E-state index is 12.9. The number of ether oxygens (including phenoxy) is 3. The lowest BCUT2D eigenvalue weighted by molar-refractivity contribution is -0.384. The highest BCUT2D eigenvalue weighted by atomic mass is 32.2. The Morgan fingerprint density at radius 1 is 1.11 bits per heavy atom. The molecule has 11 nitrogen and oxygen atoms in total. The predicted molar refractivity (Wildman–Crippen MR) is 135 cm³/mol. The fourth-order valence-electron chi connectivity index (χ4n) is 3.74. The summed E-state index contributed by atoms with van der Waals surface area (Å²) in [6.07, 6.45) is 1.59. The second-order valence-electron chi connectivity index (χ2n) is 8.11. The summed E-state index contributed by atoms with van der Waals surface area (Å²) in [4.78, 5) is 51.1. The number of nitrogens with zero attached hydrogens (tertiary/aromatic N) is 3. The molecule has 12 heteroatoms. The van der Waals surface area contributed by atoms with E-state index in [4.69, 9.17) is 14.2 Å². The lowest BCUT2D eigenvalue weighted by Crippen LogP contribution is -2.43. The number of thioether (sulfide) groups is 1. The van der Waals surface area contributed by atoms with Crippen LogP contribution in [0.15, 0.2) is 47.4 Å². The molecule has 0 atom stereocenters. The number of hydrogen-bond donors (Lipinski definition) is 0. The number of amides is 3. The Labute approximate surface area is 217 Å². The van der Waals surface area contributed by atoms with Gasteiger partial charge in [0.1, 0.15) is 0 Å². The molecule has 2 aliphatic rings. The van der Waals surface area contributed by atoms with Gasteiger partial charge in [-0.1, -0.05) is 18.2 Å². The Balaban J connectivity index is 1.44. The summed E-state index contributed by atoms with van der Waals surface area (Å²) in [5.41, 5.74) is 1.15. The number of non-ortho nitro benzene ring substituents is 1. The van der Waals surface area contributed by atoms with Crippen molar-refractivity contribution in [2.24, 2.45) is 0 Å². The Morgan fingerprint density at radius 2 is 1.84 bits per heavy atom. The molecule has 194 valence electrons. The minimum absolute atomic E-state index is 0.00808. The van der Waals surface area contributed by atoms with Crippen LogP contribution < -0.4 is 9.47 Å². The first-order valence-corrected chi connectivity index (χ1v) is 12.4. The van der Waals surface area contributed by atoms with Crippen molar-refractivity contribution in [3.63, 3.8) is 0 Å². The number of carbonyl (C=O) groups is 3. The van der Waals surface area contributed by atoms with Crippen LogP contribution in [0.2, 0.25) is 0 Å². The summed E-state index contributed by atoms with van der Waals surface area (Å²) >= 11 is 0.815. The van der Waals surface area contributed by atoms with Crippen LogP contribution >= 0.6 is 11.8 Å². The van der Waals surface area contributed by atoms with Gasteiger partial charge < -0.3 is 19.1 Å². The number of benzene rings is 2. The van der Waals surface area contributed by atoms with E-state index in [1.54, 1.807) is 29.2 Å². The SMILES string of the molecule is CCOc1cc(/C=C2\SC(=O)N(Cc3ccc([N+](=O)[O-])cc3)C2=O)ccc1OCC(=O)N1CCOCC1. The van der Waals surface area contributed by atoms with E-state index >= 15 is 0 Å². The summed E-state index contributed by atoms with van der Waals surface area (Å²) < 4.78 is 16.7. The molecule has 2 saturated heterocycles. The van der Waals surface area contributed by atoms with Gasteiger partial charge in [-0.25, -0.2) is 0 Å². The largest absolute Gasteiger partial charge is 0.490 e. The van der Waals surface area contributed by atoms with Gasteiger partial charge in [-0.15, -0.1) is 0 Å². The topological polar surface area (TPSA) is 129 Å². The fraction of sp³-hybridized carbons (Fsp3) is 0.320. The average Bonchev–Trinajstić information content (AvgIpc) is 3.16. The van der Waals surface area contributed by atoms with Gasteiger partial charge in [-0.2, -0.15) is 0 Å². The highest BCUT2D eigenvalue weighted by molar-refractivity contribution is 8.18. The predicted octanol–water partition coefficient (Wildman–Crippen LogP) is 3.47. The summed E-state index contributed by atoms with van der Waals surface area (Å²) in [5.74, 6) is 0.210. The maximum Gasteiger partial charge on any atom is 0.293 e. The number of nitro benzene ring substituents is 1. The highest BCUT2D eigenvalue weighted by Crippen LogP contribution is 2.35. The lowest BCUT2D eigenvalue weighted by atomic mass is 10.1. The normalized spacial score (nSPS) is 16.8. The molecule has 0 bridgehead atoms. The van der Waals surface area contributed by atoms with E-state index in [-0.39, 0.29) is 29.7 Å². The number of carbonyl (C=O) groups excluding carboxylic acids is 3. The summed E-state index contributed by atoms with van der Waals surface area (Å²) in [6.45, 7) is 4.11. The van der Waals surface area contributed by atoms with Crippen molar-refractivity contribution in [1.82, 2.24) is 9.80 Å². The molecule has 4 rings (SSSR count). The fourth-order valence-corrected chi connectivity index (χ4v) is 4.58. The Bertz CT molecular complexity index is 1220. The van der Waals surface area contributed by atoms with E-state index in [1.165, 1.54) is 24.3 Å². The van der Waals surface area contributed by atoms with Crippen molar-refractivity contribution in [3.8, 4) is 11.5 Å². The van der Waals surface area contributed by atoms with Crippen LogP contribution in [0.25, 0.3) is 6.08 Å². The molecule has 0 radical (unpaired) electrons. The van der Waals surface area contributed by atoms with Crippen molar-refractivity contribution in [2.75, 3.05) is 39.5 Å². The van der Waals surface area contributed by atoms with Gasteiger partial charge in [0.2, 0.25) is 0 Å². The molecule has 2 heterocycles. The molecule has 0 aliphatic carbocycles. The van der Waals surface area contributed by atoms with Gasteiger partial charge in [0.15, 0.2) is 18.1 Å². The van der Waals surface area contributed by atoms with Crippen LogP contribution in [-0.4, -0.2) is 71.3 Å². The van der Waals surface area contributed by atoms with E-state index in [0.717, 1.165) is 16.7 Å². The first-order valence-electron chi connectivity index (χ1n) is 11.6. The van der Waals surface area contributed by atoms with Crippen molar-refractivity contribution in [1.29, 1.82) is 0 Å². The third-order valence-corrected chi connectivity index (χ3v) is 6.55. The molecule has 0 unspecified atom stereocenters. The van der Waals surface area contributed by atoms with Gasteiger partial charge in [0.05, 0.1) is 36.2 Å². The van der Waals surface area contributed by atoms with Gasteiger partial charge in [0, 0.05) is 25.2 Å². The van der Waals surface area contributed by atoms with Crippen molar-refractivity contribution in [3.05, 3.63) is 68.6 Å². The van der Waals surface area contributed by atoms with Crippen LogP contribution in [0.3, 0.4) is 0 Å². The van der Waals surface area contributed by atoms with Gasteiger partial charge >= 0.3 is 0 Å². The first-order chi connectivity index (χ1) is 17.9. The number of rotatable bonds is 9. The van der Waals surface area contributed by atoms with Crippen LogP contribution in [-0.2, 0) is 20.9 Å².